The Morgan fingerprint density at radius 1 is 1.12 bits per heavy atom. The summed E-state index contributed by atoms with van der Waals surface area (Å²) < 4.78 is 1.60. The van der Waals surface area contributed by atoms with E-state index in [1.54, 1.807) is 36.1 Å². The largest absolute Gasteiger partial charge is 0.391 e. The highest BCUT2D eigenvalue weighted by Crippen LogP contribution is 2.27. The second-order valence-electron chi connectivity index (χ2n) is 5.29. The summed E-state index contributed by atoms with van der Waals surface area (Å²) in [6.45, 7) is 0.227. The van der Waals surface area contributed by atoms with E-state index in [0.29, 0.717) is 20.8 Å². The number of hydrogen-bond acceptors (Lipinski definition) is 3. The van der Waals surface area contributed by atoms with Crippen molar-refractivity contribution >= 4 is 41.0 Å². The van der Waals surface area contributed by atoms with E-state index in [4.69, 9.17) is 39.6 Å². The van der Waals surface area contributed by atoms with Crippen molar-refractivity contribution in [3.8, 4) is 11.3 Å². The first-order valence-electron chi connectivity index (χ1n) is 7.43. The van der Waals surface area contributed by atoms with Gasteiger partial charge in [0.25, 0.3) is 0 Å². The Bertz CT molecular complexity index is 907. The summed E-state index contributed by atoms with van der Waals surface area (Å²) >= 11 is 18.3. The SMILES string of the molecule is Cn1nc(-c2ccccc2)c(/C=N/OCc2ccc(Cl)cc2Cl)c1Cl. The highest BCUT2D eigenvalue weighted by atomic mass is 35.5. The Morgan fingerprint density at radius 3 is 2.60 bits per heavy atom. The summed E-state index contributed by atoms with van der Waals surface area (Å²) in [6.07, 6.45) is 1.56. The molecule has 1 heterocycles. The van der Waals surface area contributed by atoms with Crippen molar-refractivity contribution in [1.82, 2.24) is 9.78 Å². The van der Waals surface area contributed by atoms with E-state index in [2.05, 4.69) is 10.3 Å². The Kier molecular flexibility index (Phi) is 5.63. The van der Waals surface area contributed by atoms with Gasteiger partial charge in [-0.3, -0.25) is 4.68 Å². The smallest absolute Gasteiger partial charge is 0.143 e. The van der Waals surface area contributed by atoms with E-state index in [9.17, 15) is 0 Å². The lowest BCUT2D eigenvalue weighted by Crippen LogP contribution is -1.91. The third kappa shape index (κ3) is 4.15. The van der Waals surface area contributed by atoms with Gasteiger partial charge < -0.3 is 4.84 Å². The number of aryl methyl sites for hydroxylation is 1. The Labute approximate surface area is 160 Å². The normalized spacial score (nSPS) is 11.2. The van der Waals surface area contributed by atoms with Crippen molar-refractivity contribution in [3.05, 3.63) is 74.9 Å². The van der Waals surface area contributed by atoms with Gasteiger partial charge in [-0.05, 0) is 12.1 Å². The molecule has 1 aromatic heterocycles. The van der Waals surface area contributed by atoms with Gasteiger partial charge in [0.2, 0.25) is 0 Å². The predicted molar refractivity (Wildman–Crippen MR) is 102 cm³/mol. The van der Waals surface area contributed by atoms with Crippen LogP contribution < -0.4 is 0 Å². The third-order valence-corrected chi connectivity index (χ3v) is 4.59. The van der Waals surface area contributed by atoms with Gasteiger partial charge in [0.15, 0.2) is 0 Å². The van der Waals surface area contributed by atoms with Crippen LogP contribution in [-0.4, -0.2) is 16.0 Å². The molecule has 0 aliphatic carbocycles. The molecule has 0 atom stereocenters. The van der Waals surface area contributed by atoms with Crippen LogP contribution in [0.2, 0.25) is 15.2 Å². The van der Waals surface area contributed by atoms with Crippen LogP contribution in [0.25, 0.3) is 11.3 Å². The van der Waals surface area contributed by atoms with Crippen LogP contribution in [0, 0.1) is 0 Å². The quantitative estimate of drug-likeness (QED) is 0.417. The molecule has 0 aliphatic rings. The first-order valence-corrected chi connectivity index (χ1v) is 8.57. The molecule has 3 aromatic rings. The topological polar surface area (TPSA) is 39.4 Å². The number of benzene rings is 2. The summed E-state index contributed by atoms with van der Waals surface area (Å²) in [5.41, 5.74) is 3.18. The molecule has 0 saturated heterocycles. The Balaban J connectivity index is 1.77. The van der Waals surface area contributed by atoms with Crippen molar-refractivity contribution in [2.75, 3.05) is 0 Å². The van der Waals surface area contributed by atoms with Crippen LogP contribution in [0.15, 0.2) is 53.7 Å². The second kappa shape index (κ2) is 7.91. The average Bonchev–Trinajstić information content (AvgIpc) is 2.89. The van der Waals surface area contributed by atoms with Crippen molar-refractivity contribution in [2.24, 2.45) is 12.2 Å². The van der Waals surface area contributed by atoms with E-state index in [0.717, 1.165) is 16.8 Å². The molecule has 0 amide bonds. The molecule has 0 bridgehead atoms. The zero-order chi connectivity index (χ0) is 17.8. The second-order valence-corrected chi connectivity index (χ2v) is 6.49. The molecule has 0 N–H and O–H groups in total. The predicted octanol–water partition coefficient (Wildman–Crippen LogP) is 5.60. The molecule has 7 heteroatoms. The lowest BCUT2D eigenvalue weighted by atomic mass is 10.1. The molecule has 0 radical (unpaired) electrons. The molecular weight excluding hydrogens is 381 g/mol. The summed E-state index contributed by atoms with van der Waals surface area (Å²) in [7, 11) is 1.78. The number of nitrogens with zero attached hydrogens (tertiary/aromatic N) is 3. The number of halogens is 3. The van der Waals surface area contributed by atoms with Crippen LogP contribution in [0.4, 0.5) is 0 Å². The molecule has 0 fully saturated rings. The van der Waals surface area contributed by atoms with Crippen LogP contribution >= 0.6 is 34.8 Å². The maximum atomic E-state index is 6.32. The van der Waals surface area contributed by atoms with E-state index in [-0.39, 0.29) is 6.61 Å². The molecule has 2 aromatic carbocycles. The highest BCUT2D eigenvalue weighted by Gasteiger charge is 2.14. The van der Waals surface area contributed by atoms with Crippen molar-refractivity contribution < 1.29 is 4.84 Å². The number of rotatable bonds is 5. The first-order chi connectivity index (χ1) is 12.1. The fourth-order valence-corrected chi connectivity index (χ4v) is 2.92. The molecule has 0 saturated carbocycles. The lowest BCUT2D eigenvalue weighted by molar-refractivity contribution is 0.132. The minimum absolute atomic E-state index is 0.227. The van der Waals surface area contributed by atoms with E-state index in [1.165, 1.54) is 0 Å². The summed E-state index contributed by atoms with van der Waals surface area (Å²) in [6, 6.07) is 15.0. The van der Waals surface area contributed by atoms with Crippen LogP contribution in [-0.2, 0) is 18.5 Å². The van der Waals surface area contributed by atoms with Crippen molar-refractivity contribution in [1.29, 1.82) is 0 Å². The fourth-order valence-electron chi connectivity index (χ4n) is 2.28. The minimum Gasteiger partial charge on any atom is -0.391 e. The molecule has 3 rings (SSSR count). The van der Waals surface area contributed by atoms with E-state index < -0.39 is 0 Å². The number of oxime groups is 1. The first kappa shape index (κ1) is 17.8. The molecular formula is C18H14Cl3N3O. The maximum absolute atomic E-state index is 6.32. The molecule has 0 spiro atoms. The number of aromatic nitrogens is 2. The Morgan fingerprint density at radius 2 is 1.88 bits per heavy atom. The van der Waals surface area contributed by atoms with Gasteiger partial charge in [-0.15, -0.1) is 0 Å². The van der Waals surface area contributed by atoms with Gasteiger partial charge in [0.1, 0.15) is 17.5 Å². The molecule has 0 unspecified atom stereocenters. The lowest BCUT2D eigenvalue weighted by Gasteiger charge is -2.03. The van der Waals surface area contributed by atoms with Gasteiger partial charge >= 0.3 is 0 Å². The van der Waals surface area contributed by atoms with Gasteiger partial charge in [-0.25, -0.2) is 0 Å². The van der Waals surface area contributed by atoms with Crippen LogP contribution in [0.1, 0.15) is 11.1 Å². The molecule has 0 aliphatic heterocycles. The third-order valence-electron chi connectivity index (χ3n) is 3.55. The summed E-state index contributed by atoms with van der Waals surface area (Å²) in [5, 5.41) is 10.0. The van der Waals surface area contributed by atoms with E-state index in [1.807, 2.05) is 30.3 Å². The summed E-state index contributed by atoms with van der Waals surface area (Å²) in [4.78, 5) is 5.35. The average molecular weight is 395 g/mol. The van der Waals surface area contributed by atoms with Crippen LogP contribution in [0.3, 0.4) is 0 Å². The minimum atomic E-state index is 0.227. The fraction of sp³-hybridized carbons (Fsp3) is 0.111. The highest BCUT2D eigenvalue weighted by molar-refractivity contribution is 6.35. The number of hydrogen-bond donors (Lipinski definition) is 0. The van der Waals surface area contributed by atoms with Crippen molar-refractivity contribution in [3.63, 3.8) is 0 Å². The van der Waals surface area contributed by atoms with E-state index >= 15 is 0 Å². The maximum Gasteiger partial charge on any atom is 0.143 e. The zero-order valence-corrected chi connectivity index (χ0v) is 15.6. The summed E-state index contributed by atoms with van der Waals surface area (Å²) in [5.74, 6) is 0. The monoisotopic (exact) mass is 393 g/mol. The van der Waals surface area contributed by atoms with Gasteiger partial charge in [-0.2, -0.15) is 5.10 Å². The van der Waals surface area contributed by atoms with Gasteiger partial charge in [0, 0.05) is 28.2 Å². The van der Waals surface area contributed by atoms with Gasteiger partial charge in [-0.1, -0.05) is 76.4 Å². The zero-order valence-electron chi connectivity index (χ0n) is 13.3. The molecule has 25 heavy (non-hydrogen) atoms. The Hall–Kier alpha value is -2.01. The van der Waals surface area contributed by atoms with Crippen molar-refractivity contribution in [2.45, 2.75) is 6.61 Å². The van der Waals surface area contributed by atoms with Gasteiger partial charge in [0.05, 0.1) is 11.8 Å². The van der Waals surface area contributed by atoms with Crippen LogP contribution in [0.5, 0.6) is 0 Å². The molecule has 4 nitrogen and oxygen atoms in total. The standard InChI is InChI=1S/C18H14Cl3N3O/c1-24-18(21)15(17(23-24)12-5-3-2-4-6-12)10-22-25-11-13-7-8-14(19)9-16(13)20/h2-10H,11H2,1H3/b22-10+. The molecule has 128 valence electrons.